The molecule has 3 heteroatoms. The van der Waals surface area contributed by atoms with Gasteiger partial charge in [0.1, 0.15) is 5.82 Å². The summed E-state index contributed by atoms with van der Waals surface area (Å²) in [5, 5.41) is 0. The molecule has 2 heterocycles. The van der Waals surface area contributed by atoms with E-state index in [1.807, 2.05) is 13.0 Å². The minimum Gasteiger partial charge on any atom is -0.326 e. The number of hydrogen-bond acceptors (Lipinski definition) is 2. The van der Waals surface area contributed by atoms with Gasteiger partial charge in [-0.15, -0.1) is 11.6 Å². The van der Waals surface area contributed by atoms with E-state index in [0.717, 1.165) is 30.0 Å². The SMILES string of the molecule is Cc1cc(CCl)cc(N2CCCc3ccccc32)n1. The van der Waals surface area contributed by atoms with Crippen molar-refractivity contribution < 1.29 is 0 Å². The van der Waals surface area contributed by atoms with Crippen molar-refractivity contribution in [2.75, 3.05) is 11.4 Å². The molecule has 1 aromatic heterocycles. The summed E-state index contributed by atoms with van der Waals surface area (Å²) < 4.78 is 0. The Morgan fingerprint density at radius 3 is 2.95 bits per heavy atom. The van der Waals surface area contributed by atoms with Gasteiger partial charge in [-0.25, -0.2) is 4.98 Å². The molecule has 1 aliphatic heterocycles. The summed E-state index contributed by atoms with van der Waals surface area (Å²) in [6.45, 7) is 3.05. The van der Waals surface area contributed by atoms with Crippen molar-refractivity contribution >= 4 is 23.1 Å². The lowest BCUT2D eigenvalue weighted by Crippen LogP contribution is -2.25. The van der Waals surface area contributed by atoms with Gasteiger partial charge in [0.05, 0.1) is 0 Å². The van der Waals surface area contributed by atoms with E-state index in [-0.39, 0.29) is 0 Å². The molecule has 3 rings (SSSR count). The van der Waals surface area contributed by atoms with Crippen molar-refractivity contribution in [2.45, 2.75) is 25.6 Å². The summed E-state index contributed by atoms with van der Waals surface area (Å²) in [6, 6.07) is 12.7. The van der Waals surface area contributed by atoms with Crippen LogP contribution in [0.5, 0.6) is 0 Å². The Hall–Kier alpha value is -1.54. The number of aryl methyl sites for hydroxylation is 2. The normalized spacial score (nSPS) is 14.3. The number of para-hydroxylation sites is 1. The van der Waals surface area contributed by atoms with Crippen molar-refractivity contribution in [1.29, 1.82) is 0 Å². The zero-order chi connectivity index (χ0) is 13.2. The predicted molar refractivity (Wildman–Crippen MR) is 80.3 cm³/mol. The fraction of sp³-hybridized carbons (Fsp3) is 0.312. The third-order valence-electron chi connectivity index (χ3n) is 3.54. The highest BCUT2D eigenvalue weighted by molar-refractivity contribution is 6.17. The Morgan fingerprint density at radius 1 is 1.26 bits per heavy atom. The number of alkyl halides is 1. The van der Waals surface area contributed by atoms with Crippen molar-refractivity contribution in [3.63, 3.8) is 0 Å². The number of pyridine rings is 1. The minimum atomic E-state index is 0.534. The maximum atomic E-state index is 5.96. The summed E-state index contributed by atoms with van der Waals surface area (Å²) in [6.07, 6.45) is 2.32. The maximum absolute atomic E-state index is 5.96. The number of hydrogen-bond donors (Lipinski definition) is 0. The molecule has 0 saturated carbocycles. The summed E-state index contributed by atoms with van der Waals surface area (Å²) in [4.78, 5) is 6.98. The molecule has 0 amide bonds. The molecular weight excluding hydrogens is 256 g/mol. The van der Waals surface area contributed by atoms with E-state index in [4.69, 9.17) is 11.6 Å². The second-order valence-electron chi connectivity index (χ2n) is 4.99. The number of rotatable bonds is 2. The first-order chi connectivity index (χ1) is 9.28. The fourth-order valence-corrected chi connectivity index (χ4v) is 2.86. The number of halogens is 1. The van der Waals surface area contributed by atoms with Crippen molar-refractivity contribution in [3.8, 4) is 0 Å². The number of benzene rings is 1. The highest BCUT2D eigenvalue weighted by Gasteiger charge is 2.19. The predicted octanol–water partition coefficient (Wildman–Crippen LogP) is 4.21. The lowest BCUT2D eigenvalue weighted by Gasteiger charge is -2.30. The molecule has 0 aliphatic carbocycles. The van der Waals surface area contributed by atoms with E-state index < -0.39 is 0 Å². The molecule has 0 bridgehead atoms. The van der Waals surface area contributed by atoms with E-state index in [9.17, 15) is 0 Å². The van der Waals surface area contributed by atoms with Crippen LogP contribution in [0, 0.1) is 6.92 Å². The molecule has 98 valence electrons. The van der Waals surface area contributed by atoms with Crippen LogP contribution in [0.3, 0.4) is 0 Å². The van der Waals surface area contributed by atoms with Gasteiger partial charge in [-0.1, -0.05) is 18.2 Å². The van der Waals surface area contributed by atoms with E-state index in [0.29, 0.717) is 5.88 Å². The third kappa shape index (κ3) is 2.45. The Kier molecular flexibility index (Phi) is 3.43. The zero-order valence-corrected chi connectivity index (χ0v) is 11.8. The van der Waals surface area contributed by atoms with E-state index in [2.05, 4.69) is 40.2 Å². The molecule has 0 atom stereocenters. The first kappa shape index (κ1) is 12.5. The van der Waals surface area contributed by atoms with Gasteiger partial charge in [0, 0.05) is 23.8 Å². The Morgan fingerprint density at radius 2 is 2.11 bits per heavy atom. The van der Waals surface area contributed by atoms with Crippen molar-refractivity contribution in [3.05, 3.63) is 53.2 Å². The summed E-state index contributed by atoms with van der Waals surface area (Å²) in [7, 11) is 0. The lowest BCUT2D eigenvalue weighted by molar-refractivity contribution is 0.758. The van der Waals surface area contributed by atoms with Crippen LogP contribution in [-0.4, -0.2) is 11.5 Å². The van der Waals surface area contributed by atoms with Gasteiger partial charge in [-0.05, 0) is 49.1 Å². The monoisotopic (exact) mass is 272 g/mol. The lowest BCUT2D eigenvalue weighted by atomic mass is 10.0. The molecule has 2 nitrogen and oxygen atoms in total. The van der Waals surface area contributed by atoms with Crippen LogP contribution in [0.25, 0.3) is 0 Å². The molecule has 1 aromatic carbocycles. The average molecular weight is 273 g/mol. The van der Waals surface area contributed by atoms with Crippen LogP contribution in [0.2, 0.25) is 0 Å². The Balaban J connectivity index is 2.06. The van der Waals surface area contributed by atoms with Crippen LogP contribution in [0.4, 0.5) is 11.5 Å². The van der Waals surface area contributed by atoms with Crippen LogP contribution in [0.1, 0.15) is 23.2 Å². The average Bonchev–Trinajstić information content (AvgIpc) is 2.46. The van der Waals surface area contributed by atoms with E-state index >= 15 is 0 Å². The molecule has 0 saturated heterocycles. The van der Waals surface area contributed by atoms with Gasteiger partial charge in [0.15, 0.2) is 0 Å². The summed E-state index contributed by atoms with van der Waals surface area (Å²) >= 11 is 5.96. The van der Waals surface area contributed by atoms with E-state index in [1.54, 1.807) is 0 Å². The fourth-order valence-electron chi connectivity index (χ4n) is 2.71. The van der Waals surface area contributed by atoms with Crippen LogP contribution in [-0.2, 0) is 12.3 Å². The molecule has 2 aromatic rings. The first-order valence-electron chi connectivity index (χ1n) is 6.67. The highest BCUT2D eigenvalue weighted by Crippen LogP contribution is 2.32. The topological polar surface area (TPSA) is 16.1 Å². The highest BCUT2D eigenvalue weighted by atomic mass is 35.5. The molecule has 0 spiro atoms. The second-order valence-corrected chi connectivity index (χ2v) is 5.26. The minimum absolute atomic E-state index is 0.534. The Labute approximate surface area is 119 Å². The van der Waals surface area contributed by atoms with Crippen LogP contribution >= 0.6 is 11.6 Å². The third-order valence-corrected chi connectivity index (χ3v) is 3.85. The van der Waals surface area contributed by atoms with Gasteiger partial charge in [0.2, 0.25) is 0 Å². The summed E-state index contributed by atoms with van der Waals surface area (Å²) in [5.74, 6) is 1.55. The molecule has 0 fully saturated rings. The Bertz CT molecular complexity index is 595. The quantitative estimate of drug-likeness (QED) is 0.761. The smallest absolute Gasteiger partial charge is 0.133 e. The van der Waals surface area contributed by atoms with Crippen molar-refractivity contribution in [1.82, 2.24) is 4.98 Å². The standard InChI is InChI=1S/C16H17ClN2/c1-12-9-13(11-17)10-16(18-12)19-8-4-6-14-5-2-3-7-15(14)19/h2-3,5,7,9-10H,4,6,8,11H2,1H3. The van der Waals surface area contributed by atoms with Gasteiger partial charge < -0.3 is 4.90 Å². The molecule has 19 heavy (non-hydrogen) atoms. The van der Waals surface area contributed by atoms with Gasteiger partial charge >= 0.3 is 0 Å². The maximum Gasteiger partial charge on any atom is 0.133 e. The number of aromatic nitrogens is 1. The molecule has 0 unspecified atom stereocenters. The summed E-state index contributed by atoms with van der Waals surface area (Å²) in [5.41, 5.74) is 4.85. The van der Waals surface area contributed by atoms with Crippen LogP contribution in [0.15, 0.2) is 36.4 Å². The number of fused-ring (bicyclic) bond motifs is 1. The first-order valence-corrected chi connectivity index (χ1v) is 7.20. The second kappa shape index (κ2) is 5.22. The number of anilines is 2. The molecular formula is C16H17ClN2. The van der Waals surface area contributed by atoms with Gasteiger partial charge in [-0.2, -0.15) is 0 Å². The van der Waals surface area contributed by atoms with Crippen LogP contribution < -0.4 is 4.90 Å². The van der Waals surface area contributed by atoms with Crippen molar-refractivity contribution in [2.24, 2.45) is 0 Å². The molecule has 0 N–H and O–H groups in total. The van der Waals surface area contributed by atoms with Gasteiger partial charge in [-0.3, -0.25) is 0 Å². The molecule has 0 radical (unpaired) electrons. The number of nitrogens with zero attached hydrogens (tertiary/aromatic N) is 2. The van der Waals surface area contributed by atoms with Gasteiger partial charge in [0.25, 0.3) is 0 Å². The van der Waals surface area contributed by atoms with E-state index in [1.165, 1.54) is 17.7 Å². The molecule has 1 aliphatic rings. The zero-order valence-electron chi connectivity index (χ0n) is 11.1. The largest absolute Gasteiger partial charge is 0.326 e.